The van der Waals surface area contributed by atoms with E-state index in [4.69, 9.17) is 0 Å². The van der Waals surface area contributed by atoms with Crippen LogP contribution in [0, 0.1) is 0 Å². The molecule has 0 bridgehead atoms. The number of aromatic nitrogens is 2. The van der Waals surface area contributed by atoms with Crippen LogP contribution in [-0.2, 0) is 18.4 Å². The van der Waals surface area contributed by atoms with Gasteiger partial charge in [0.05, 0.1) is 12.0 Å². The van der Waals surface area contributed by atoms with Crippen LogP contribution in [0.15, 0.2) is 12.5 Å². The van der Waals surface area contributed by atoms with E-state index in [0.717, 1.165) is 12.1 Å². The summed E-state index contributed by atoms with van der Waals surface area (Å²) in [7, 11) is 1.89. The van der Waals surface area contributed by atoms with Gasteiger partial charge in [0.15, 0.2) is 0 Å². The Kier molecular flexibility index (Phi) is 4.06. The third kappa shape index (κ3) is 2.82. The largest absolute Gasteiger partial charge is 0.480 e. The lowest BCUT2D eigenvalue weighted by molar-refractivity contribution is -0.144. The molecule has 5 heteroatoms. The Morgan fingerprint density at radius 3 is 2.81 bits per heavy atom. The van der Waals surface area contributed by atoms with Gasteiger partial charge in [-0.2, -0.15) is 0 Å². The first kappa shape index (κ1) is 12.7. The van der Waals surface area contributed by atoms with E-state index in [1.165, 1.54) is 0 Å². The van der Waals surface area contributed by atoms with Crippen LogP contribution < -0.4 is 5.32 Å². The van der Waals surface area contributed by atoms with Crippen LogP contribution in [0.25, 0.3) is 0 Å². The number of rotatable bonds is 6. The van der Waals surface area contributed by atoms with Gasteiger partial charge < -0.3 is 9.67 Å². The molecule has 0 saturated heterocycles. The first-order valence-electron chi connectivity index (χ1n) is 5.43. The average Bonchev–Trinajstić information content (AvgIpc) is 2.61. The molecule has 0 amide bonds. The summed E-state index contributed by atoms with van der Waals surface area (Å²) in [6.07, 6.45) is 4.89. The minimum absolute atomic E-state index is 0.513. The lowest BCUT2D eigenvalue weighted by Crippen LogP contribution is -2.49. The average molecular weight is 225 g/mol. The van der Waals surface area contributed by atoms with Crippen molar-refractivity contribution in [2.45, 2.75) is 38.8 Å². The zero-order valence-electron chi connectivity index (χ0n) is 10.0. The molecule has 1 heterocycles. The van der Waals surface area contributed by atoms with E-state index in [1.54, 1.807) is 19.4 Å². The maximum absolute atomic E-state index is 11.2. The quantitative estimate of drug-likeness (QED) is 0.762. The Labute approximate surface area is 95.5 Å². The Bertz CT molecular complexity index is 362. The fourth-order valence-corrected chi connectivity index (χ4v) is 1.61. The Morgan fingerprint density at radius 1 is 1.69 bits per heavy atom. The second-order valence-corrected chi connectivity index (χ2v) is 4.24. The summed E-state index contributed by atoms with van der Waals surface area (Å²) in [6.45, 7) is 4.21. The molecule has 2 N–H and O–H groups in total. The number of aryl methyl sites for hydroxylation is 1. The highest BCUT2D eigenvalue weighted by Crippen LogP contribution is 2.13. The van der Waals surface area contributed by atoms with Crippen molar-refractivity contribution in [3.8, 4) is 0 Å². The summed E-state index contributed by atoms with van der Waals surface area (Å²) in [4.78, 5) is 15.2. The van der Waals surface area contributed by atoms with E-state index < -0.39 is 11.5 Å². The summed E-state index contributed by atoms with van der Waals surface area (Å²) in [6, 6.07) is 0. The van der Waals surface area contributed by atoms with Gasteiger partial charge in [0.25, 0.3) is 0 Å². The lowest BCUT2D eigenvalue weighted by Gasteiger charge is -2.25. The van der Waals surface area contributed by atoms with Gasteiger partial charge in [0.2, 0.25) is 0 Å². The van der Waals surface area contributed by atoms with Crippen LogP contribution in [0.4, 0.5) is 0 Å². The molecule has 0 spiro atoms. The second kappa shape index (κ2) is 5.12. The molecule has 0 radical (unpaired) electrons. The van der Waals surface area contributed by atoms with Crippen molar-refractivity contribution in [3.05, 3.63) is 18.2 Å². The van der Waals surface area contributed by atoms with Gasteiger partial charge in [-0.05, 0) is 13.3 Å². The molecular weight excluding hydrogens is 206 g/mol. The van der Waals surface area contributed by atoms with Crippen molar-refractivity contribution in [1.29, 1.82) is 0 Å². The third-order valence-electron chi connectivity index (χ3n) is 2.80. The minimum atomic E-state index is -0.862. The molecule has 0 aliphatic rings. The van der Waals surface area contributed by atoms with Gasteiger partial charge in [-0.15, -0.1) is 0 Å². The first-order chi connectivity index (χ1) is 7.49. The van der Waals surface area contributed by atoms with Crippen molar-refractivity contribution < 1.29 is 9.90 Å². The van der Waals surface area contributed by atoms with E-state index in [9.17, 15) is 9.90 Å². The van der Waals surface area contributed by atoms with Gasteiger partial charge in [-0.1, -0.05) is 13.3 Å². The predicted octanol–water partition coefficient (Wildman–Crippen LogP) is 1.15. The number of nitrogens with one attached hydrogen (secondary N) is 1. The molecular formula is C11H19N3O2. The molecule has 1 atom stereocenters. The molecule has 0 fully saturated rings. The maximum Gasteiger partial charge on any atom is 0.323 e. The van der Waals surface area contributed by atoms with E-state index in [2.05, 4.69) is 10.3 Å². The predicted molar refractivity (Wildman–Crippen MR) is 61.0 cm³/mol. The van der Waals surface area contributed by atoms with Gasteiger partial charge in [0.1, 0.15) is 5.54 Å². The van der Waals surface area contributed by atoms with Crippen LogP contribution >= 0.6 is 0 Å². The maximum atomic E-state index is 11.2. The van der Waals surface area contributed by atoms with Crippen LogP contribution in [-0.4, -0.2) is 26.2 Å². The molecule has 0 aliphatic heterocycles. The third-order valence-corrected chi connectivity index (χ3v) is 2.80. The SMILES string of the molecule is CCCC(C)(NCc1cncn1C)C(=O)O. The summed E-state index contributed by atoms with van der Waals surface area (Å²) in [5.74, 6) is -0.809. The molecule has 5 nitrogen and oxygen atoms in total. The zero-order chi connectivity index (χ0) is 12.2. The van der Waals surface area contributed by atoms with Crippen LogP contribution in [0.3, 0.4) is 0 Å². The lowest BCUT2D eigenvalue weighted by atomic mass is 9.96. The number of imidazole rings is 1. The van der Waals surface area contributed by atoms with Crippen LogP contribution in [0.1, 0.15) is 32.4 Å². The topological polar surface area (TPSA) is 67.2 Å². The Hall–Kier alpha value is -1.36. The van der Waals surface area contributed by atoms with Crippen molar-refractivity contribution in [1.82, 2.24) is 14.9 Å². The summed E-state index contributed by atoms with van der Waals surface area (Å²) in [5.41, 5.74) is 0.113. The molecule has 0 aromatic carbocycles. The van der Waals surface area contributed by atoms with E-state index >= 15 is 0 Å². The number of hydrogen-bond donors (Lipinski definition) is 2. The summed E-state index contributed by atoms with van der Waals surface area (Å²) < 4.78 is 1.88. The molecule has 1 aromatic rings. The molecule has 1 rings (SSSR count). The standard InChI is InChI=1S/C11H19N3O2/c1-4-5-11(2,10(15)16)13-7-9-6-12-8-14(9)3/h6,8,13H,4-5,7H2,1-3H3,(H,15,16). The highest BCUT2D eigenvalue weighted by molar-refractivity contribution is 5.78. The Morgan fingerprint density at radius 2 is 2.38 bits per heavy atom. The smallest absolute Gasteiger partial charge is 0.323 e. The zero-order valence-corrected chi connectivity index (χ0v) is 10.0. The van der Waals surface area contributed by atoms with Crippen molar-refractivity contribution in [2.75, 3.05) is 0 Å². The van der Waals surface area contributed by atoms with E-state index in [0.29, 0.717) is 13.0 Å². The molecule has 1 unspecified atom stereocenters. The normalized spacial score (nSPS) is 14.7. The monoisotopic (exact) mass is 225 g/mol. The van der Waals surface area contributed by atoms with Gasteiger partial charge in [-0.25, -0.2) is 4.98 Å². The van der Waals surface area contributed by atoms with Gasteiger partial charge >= 0.3 is 5.97 Å². The summed E-state index contributed by atoms with van der Waals surface area (Å²) in [5, 5.41) is 12.3. The molecule has 0 saturated carbocycles. The number of carboxylic acid groups (broad SMARTS) is 1. The number of hydrogen-bond acceptors (Lipinski definition) is 3. The van der Waals surface area contributed by atoms with Crippen molar-refractivity contribution in [2.24, 2.45) is 7.05 Å². The number of carbonyl (C=O) groups is 1. The molecule has 90 valence electrons. The number of nitrogens with zero attached hydrogens (tertiary/aromatic N) is 2. The summed E-state index contributed by atoms with van der Waals surface area (Å²) >= 11 is 0. The molecule has 16 heavy (non-hydrogen) atoms. The first-order valence-corrected chi connectivity index (χ1v) is 5.43. The van der Waals surface area contributed by atoms with Crippen LogP contribution in [0.5, 0.6) is 0 Å². The second-order valence-electron chi connectivity index (χ2n) is 4.24. The Balaban J connectivity index is 2.64. The fourth-order valence-electron chi connectivity index (χ4n) is 1.61. The molecule has 1 aromatic heterocycles. The number of aliphatic carboxylic acids is 1. The van der Waals surface area contributed by atoms with Crippen LogP contribution in [0.2, 0.25) is 0 Å². The van der Waals surface area contributed by atoms with Gasteiger partial charge in [0, 0.05) is 19.8 Å². The van der Waals surface area contributed by atoms with Crippen molar-refractivity contribution >= 4 is 5.97 Å². The number of carboxylic acids is 1. The fraction of sp³-hybridized carbons (Fsp3) is 0.636. The highest BCUT2D eigenvalue weighted by atomic mass is 16.4. The molecule has 0 aliphatic carbocycles. The van der Waals surface area contributed by atoms with Crippen molar-refractivity contribution in [3.63, 3.8) is 0 Å². The van der Waals surface area contributed by atoms with E-state index in [-0.39, 0.29) is 0 Å². The minimum Gasteiger partial charge on any atom is -0.480 e. The van der Waals surface area contributed by atoms with Gasteiger partial charge in [-0.3, -0.25) is 10.1 Å². The highest BCUT2D eigenvalue weighted by Gasteiger charge is 2.31. The van der Waals surface area contributed by atoms with E-state index in [1.807, 2.05) is 18.5 Å².